The van der Waals surface area contributed by atoms with E-state index in [4.69, 9.17) is 5.11 Å². The second kappa shape index (κ2) is 5.61. The Morgan fingerprint density at radius 3 is 2.94 bits per heavy atom. The Morgan fingerprint density at radius 2 is 2.28 bits per heavy atom. The van der Waals surface area contributed by atoms with Gasteiger partial charge in [0, 0.05) is 29.8 Å². The van der Waals surface area contributed by atoms with E-state index < -0.39 is 10.0 Å². The molecule has 0 fully saturated rings. The summed E-state index contributed by atoms with van der Waals surface area (Å²) in [5.41, 5.74) is 0.700. The van der Waals surface area contributed by atoms with Gasteiger partial charge in [0.1, 0.15) is 4.21 Å². The highest BCUT2D eigenvalue weighted by Gasteiger charge is 2.16. The quantitative estimate of drug-likeness (QED) is 0.720. The summed E-state index contributed by atoms with van der Waals surface area (Å²) in [5, 5.41) is 8.79. The van der Waals surface area contributed by atoms with E-state index in [2.05, 4.69) is 14.7 Å². The van der Waals surface area contributed by atoms with Crippen LogP contribution in [-0.2, 0) is 23.0 Å². The molecular weight excluding hydrogens is 274 g/mol. The van der Waals surface area contributed by atoms with Crippen molar-refractivity contribution in [1.29, 1.82) is 0 Å². The lowest BCUT2D eigenvalue weighted by Gasteiger charge is -2.02. The molecule has 18 heavy (non-hydrogen) atoms. The van der Waals surface area contributed by atoms with E-state index in [0.717, 1.165) is 4.88 Å². The third-order valence-electron chi connectivity index (χ3n) is 2.27. The first-order valence-corrected chi connectivity index (χ1v) is 7.58. The highest BCUT2D eigenvalue weighted by molar-refractivity contribution is 7.91. The average molecular weight is 287 g/mol. The number of aliphatic hydroxyl groups is 1. The number of nitrogens with zero attached hydrogens (tertiary/aromatic N) is 1. The van der Waals surface area contributed by atoms with Gasteiger partial charge >= 0.3 is 0 Å². The lowest BCUT2D eigenvalue weighted by molar-refractivity contribution is 0.300. The number of aromatic amines is 1. The molecule has 2 aromatic rings. The molecule has 0 aliphatic carbocycles. The van der Waals surface area contributed by atoms with Crippen LogP contribution in [0.25, 0.3) is 0 Å². The van der Waals surface area contributed by atoms with E-state index >= 15 is 0 Å². The molecule has 3 N–H and O–H groups in total. The van der Waals surface area contributed by atoms with Crippen LogP contribution in [0.1, 0.15) is 10.6 Å². The fourth-order valence-electron chi connectivity index (χ4n) is 1.37. The summed E-state index contributed by atoms with van der Waals surface area (Å²) in [4.78, 5) is 7.47. The monoisotopic (exact) mass is 287 g/mol. The minimum absolute atomic E-state index is 0.0155. The maximum Gasteiger partial charge on any atom is 0.250 e. The summed E-state index contributed by atoms with van der Waals surface area (Å²) < 4.78 is 26.6. The Balaban J connectivity index is 2.05. The van der Waals surface area contributed by atoms with Crippen LogP contribution in [0.3, 0.4) is 0 Å². The summed E-state index contributed by atoms with van der Waals surface area (Å²) in [5.74, 6) is 0. The second-order valence-electron chi connectivity index (χ2n) is 3.60. The minimum Gasteiger partial charge on any atom is -0.396 e. The van der Waals surface area contributed by atoms with Crippen molar-refractivity contribution in [2.45, 2.75) is 17.2 Å². The number of thiophene rings is 1. The molecule has 0 spiro atoms. The van der Waals surface area contributed by atoms with Crippen molar-refractivity contribution in [2.75, 3.05) is 6.61 Å². The molecule has 0 aliphatic rings. The van der Waals surface area contributed by atoms with Crippen molar-refractivity contribution in [1.82, 2.24) is 14.7 Å². The topological polar surface area (TPSA) is 95.1 Å². The van der Waals surface area contributed by atoms with Gasteiger partial charge in [-0.2, -0.15) is 0 Å². The van der Waals surface area contributed by atoms with Gasteiger partial charge in [0.15, 0.2) is 0 Å². The van der Waals surface area contributed by atoms with Crippen molar-refractivity contribution in [3.8, 4) is 0 Å². The highest BCUT2D eigenvalue weighted by Crippen LogP contribution is 2.21. The number of nitrogens with one attached hydrogen (secondary N) is 2. The number of H-pyrrole nitrogens is 1. The second-order valence-corrected chi connectivity index (χ2v) is 6.76. The van der Waals surface area contributed by atoms with E-state index in [1.807, 2.05) is 0 Å². The van der Waals surface area contributed by atoms with Crippen molar-refractivity contribution < 1.29 is 13.5 Å². The fourth-order valence-corrected chi connectivity index (χ4v) is 3.77. The number of aliphatic hydroxyl groups excluding tert-OH is 1. The molecule has 2 heterocycles. The molecule has 8 heteroatoms. The first-order valence-electron chi connectivity index (χ1n) is 5.28. The molecule has 2 rings (SSSR count). The standard InChI is InChI=1S/C10H13N3O3S2/c14-4-3-9-1-2-10(17-9)18(15,16)13-6-8-5-11-7-12-8/h1-2,5,7,13-14H,3-4,6H2,(H,11,12). The number of sulfonamides is 1. The van der Waals surface area contributed by atoms with E-state index in [-0.39, 0.29) is 17.4 Å². The van der Waals surface area contributed by atoms with Crippen molar-refractivity contribution in [3.05, 3.63) is 35.2 Å². The van der Waals surface area contributed by atoms with Crippen LogP contribution in [0, 0.1) is 0 Å². The molecule has 0 aliphatic heterocycles. The number of imidazole rings is 1. The van der Waals surface area contributed by atoms with E-state index in [1.165, 1.54) is 17.7 Å². The molecule has 6 nitrogen and oxygen atoms in total. The van der Waals surface area contributed by atoms with E-state index in [1.54, 1.807) is 18.3 Å². The molecular formula is C10H13N3O3S2. The Kier molecular flexibility index (Phi) is 4.12. The van der Waals surface area contributed by atoms with Crippen LogP contribution < -0.4 is 4.72 Å². The summed E-state index contributed by atoms with van der Waals surface area (Å²) in [6.07, 6.45) is 3.53. The largest absolute Gasteiger partial charge is 0.396 e. The zero-order valence-electron chi connectivity index (χ0n) is 9.46. The van der Waals surface area contributed by atoms with Gasteiger partial charge in [-0.15, -0.1) is 11.3 Å². The Hall–Kier alpha value is -1.22. The van der Waals surface area contributed by atoms with Crippen molar-refractivity contribution in [2.24, 2.45) is 0 Å². The maximum absolute atomic E-state index is 11.9. The third kappa shape index (κ3) is 3.16. The molecule has 0 saturated carbocycles. The van der Waals surface area contributed by atoms with E-state index in [0.29, 0.717) is 12.1 Å². The lowest BCUT2D eigenvalue weighted by Crippen LogP contribution is -2.22. The maximum atomic E-state index is 11.9. The molecule has 0 atom stereocenters. The van der Waals surface area contributed by atoms with Gasteiger partial charge in [-0.25, -0.2) is 18.1 Å². The normalized spacial score (nSPS) is 11.8. The predicted octanol–water partition coefficient (Wildman–Crippen LogP) is 0.484. The summed E-state index contributed by atoms with van der Waals surface area (Å²) in [6, 6.07) is 3.26. The summed E-state index contributed by atoms with van der Waals surface area (Å²) in [7, 11) is -3.49. The molecule has 0 bridgehead atoms. The predicted molar refractivity (Wildman–Crippen MR) is 67.7 cm³/mol. The van der Waals surface area contributed by atoms with Gasteiger partial charge in [0.25, 0.3) is 0 Å². The van der Waals surface area contributed by atoms with Gasteiger partial charge in [0.2, 0.25) is 10.0 Å². The highest BCUT2D eigenvalue weighted by atomic mass is 32.2. The van der Waals surface area contributed by atoms with Crippen LogP contribution >= 0.6 is 11.3 Å². The van der Waals surface area contributed by atoms with Crippen molar-refractivity contribution in [3.63, 3.8) is 0 Å². The Morgan fingerprint density at radius 1 is 1.44 bits per heavy atom. The van der Waals surface area contributed by atoms with Crippen LogP contribution in [0.4, 0.5) is 0 Å². The van der Waals surface area contributed by atoms with Crippen LogP contribution in [0.5, 0.6) is 0 Å². The van der Waals surface area contributed by atoms with Gasteiger partial charge < -0.3 is 10.1 Å². The van der Waals surface area contributed by atoms with Gasteiger partial charge in [-0.3, -0.25) is 0 Å². The van der Waals surface area contributed by atoms with Gasteiger partial charge in [-0.1, -0.05) is 0 Å². The number of hydrogen-bond donors (Lipinski definition) is 3. The summed E-state index contributed by atoms with van der Waals surface area (Å²) >= 11 is 1.17. The SMILES string of the molecule is O=S(=O)(NCc1cnc[nH]1)c1ccc(CCO)s1. The third-order valence-corrected chi connectivity index (χ3v) is 5.31. The number of rotatable bonds is 6. The molecule has 0 unspecified atom stereocenters. The average Bonchev–Trinajstić information content (AvgIpc) is 2.98. The Labute approximate surface area is 109 Å². The molecule has 0 saturated heterocycles. The van der Waals surface area contributed by atoms with E-state index in [9.17, 15) is 8.42 Å². The van der Waals surface area contributed by atoms with Crippen LogP contribution in [0.15, 0.2) is 28.9 Å². The zero-order valence-corrected chi connectivity index (χ0v) is 11.1. The van der Waals surface area contributed by atoms with Crippen LogP contribution in [0.2, 0.25) is 0 Å². The van der Waals surface area contributed by atoms with Gasteiger partial charge in [0.05, 0.1) is 12.9 Å². The smallest absolute Gasteiger partial charge is 0.250 e. The molecule has 0 radical (unpaired) electrons. The zero-order chi connectivity index (χ0) is 13.0. The summed E-state index contributed by atoms with van der Waals surface area (Å²) in [6.45, 7) is 0.192. The molecule has 0 amide bonds. The lowest BCUT2D eigenvalue weighted by atomic mass is 10.4. The molecule has 2 aromatic heterocycles. The Bertz CT molecular complexity index is 590. The molecule has 0 aromatic carbocycles. The molecule has 98 valence electrons. The van der Waals surface area contributed by atoms with Crippen LogP contribution in [-0.4, -0.2) is 30.1 Å². The minimum atomic E-state index is -3.49. The number of hydrogen-bond acceptors (Lipinski definition) is 5. The fraction of sp³-hybridized carbons (Fsp3) is 0.300. The van der Waals surface area contributed by atoms with Gasteiger partial charge in [-0.05, 0) is 12.1 Å². The number of aromatic nitrogens is 2. The van der Waals surface area contributed by atoms with Crippen molar-refractivity contribution >= 4 is 21.4 Å². The first kappa shape index (κ1) is 13.2. The first-order chi connectivity index (χ1) is 8.62.